The quantitative estimate of drug-likeness (QED) is 0.502. The molecule has 1 aromatic heterocycles. The van der Waals surface area contributed by atoms with Crippen LogP contribution in [0, 0.1) is 0 Å². The van der Waals surface area contributed by atoms with E-state index in [0.29, 0.717) is 0 Å². The van der Waals surface area contributed by atoms with E-state index in [0.717, 1.165) is 30.8 Å². The fourth-order valence-electron chi connectivity index (χ4n) is 3.91. The van der Waals surface area contributed by atoms with Crippen LogP contribution in [0.25, 0.3) is 0 Å². The Morgan fingerprint density at radius 2 is 1.73 bits per heavy atom. The summed E-state index contributed by atoms with van der Waals surface area (Å²) in [5, 5.41) is 2.09. The van der Waals surface area contributed by atoms with E-state index in [1.165, 1.54) is 28.1 Å². The molecule has 158 valence electrons. The van der Waals surface area contributed by atoms with Gasteiger partial charge in [-0.1, -0.05) is 24.3 Å². The highest BCUT2D eigenvalue weighted by atomic mass is 32.1. The summed E-state index contributed by atoms with van der Waals surface area (Å²) >= 11 is 1.74. The van der Waals surface area contributed by atoms with E-state index in [4.69, 9.17) is 0 Å². The van der Waals surface area contributed by atoms with Gasteiger partial charge in [0.15, 0.2) is 0 Å². The van der Waals surface area contributed by atoms with Crippen LogP contribution in [0.1, 0.15) is 27.6 Å². The maximum Gasteiger partial charge on any atom is 0.573 e. The molecule has 7 heteroatoms. The Balaban J connectivity index is 1.60. The molecule has 0 unspecified atom stereocenters. The van der Waals surface area contributed by atoms with E-state index < -0.39 is 6.36 Å². The van der Waals surface area contributed by atoms with Crippen LogP contribution in [0.3, 0.4) is 0 Å². The van der Waals surface area contributed by atoms with Crippen molar-refractivity contribution in [2.24, 2.45) is 0 Å². The van der Waals surface area contributed by atoms with Crippen LogP contribution >= 0.6 is 11.3 Å². The number of fused-ring (bicyclic) bond motifs is 1. The van der Waals surface area contributed by atoms with Crippen molar-refractivity contribution in [2.45, 2.75) is 25.4 Å². The van der Waals surface area contributed by atoms with Crippen LogP contribution in [0.2, 0.25) is 0 Å². The van der Waals surface area contributed by atoms with Gasteiger partial charge in [0, 0.05) is 37.7 Å². The van der Waals surface area contributed by atoms with Crippen molar-refractivity contribution in [3.63, 3.8) is 0 Å². The maximum atomic E-state index is 12.5. The second-order valence-corrected chi connectivity index (χ2v) is 8.60. The maximum absolute atomic E-state index is 12.5. The number of halogens is 3. The molecule has 1 aliphatic heterocycles. The summed E-state index contributed by atoms with van der Waals surface area (Å²) in [7, 11) is 4.03. The summed E-state index contributed by atoms with van der Waals surface area (Å²) < 4.78 is 41.5. The Morgan fingerprint density at radius 1 is 1.03 bits per heavy atom. The molecule has 3 aromatic rings. The smallest absolute Gasteiger partial charge is 0.406 e. The molecule has 1 atom stereocenters. The van der Waals surface area contributed by atoms with Gasteiger partial charge in [0.25, 0.3) is 0 Å². The standard InChI is InChI=1S/C23H23F3N2OS/c1-27(2)18-7-3-16(4-8-18)15-28-13-11-21-20(12-14-30-21)22(28)17-5-9-19(10-6-17)29-23(24,25)26/h3-10,12,14,22H,11,13,15H2,1-2H3/t22-/m0/s1. The van der Waals surface area contributed by atoms with E-state index in [9.17, 15) is 13.2 Å². The zero-order chi connectivity index (χ0) is 21.3. The summed E-state index contributed by atoms with van der Waals surface area (Å²) in [4.78, 5) is 5.80. The lowest BCUT2D eigenvalue weighted by Gasteiger charge is -2.36. The van der Waals surface area contributed by atoms with Crippen molar-refractivity contribution in [1.82, 2.24) is 4.90 Å². The third-order valence-corrected chi connectivity index (χ3v) is 6.33. The summed E-state index contributed by atoms with van der Waals surface area (Å²) in [6.45, 7) is 1.67. The molecule has 0 saturated carbocycles. The molecular weight excluding hydrogens is 409 g/mol. The summed E-state index contributed by atoms with van der Waals surface area (Å²) in [6, 6.07) is 16.9. The summed E-state index contributed by atoms with van der Waals surface area (Å²) in [6.07, 6.45) is -3.70. The normalized spacial score (nSPS) is 16.9. The average molecular weight is 433 g/mol. The first-order valence-electron chi connectivity index (χ1n) is 9.72. The molecule has 4 rings (SSSR count). The van der Waals surface area contributed by atoms with Gasteiger partial charge in [-0.3, -0.25) is 4.90 Å². The van der Waals surface area contributed by atoms with E-state index >= 15 is 0 Å². The number of nitrogens with zero attached hydrogens (tertiary/aromatic N) is 2. The highest BCUT2D eigenvalue weighted by molar-refractivity contribution is 7.10. The topological polar surface area (TPSA) is 15.7 Å². The number of hydrogen-bond donors (Lipinski definition) is 0. The van der Waals surface area contributed by atoms with Crippen molar-refractivity contribution < 1.29 is 17.9 Å². The van der Waals surface area contributed by atoms with Gasteiger partial charge in [-0.15, -0.1) is 24.5 Å². The molecular formula is C23H23F3N2OS. The van der Waals surface area contributed by atoms with Gasteiger partial charge in [-0.25, -0.2) is 0 Å². The minimum atomic E-state index is -4.68. The van der Waals surface area contributed by atoms with Crippen LogP contribution in [0.5, 0.6) is 5.75 Å². The Kier molecular flexibility index (Phi) is 5.75. The van der Waals surface area contributed by atoms with Gasteiger partial charge in [0.1, 0.15) is 5.75 Å². The van der Waals surface area contributed by atoms with E-state index in [1.54, 1.807) is 23.5 Å². The fraction of sp³-hybridized carbons (Fsp3) is 0.304. The number of benzene rings is 2. The SMILES string of the molecule is CN(C)c1ccc(CN2CCc3sccc3[C@@H]2c2ccc(OC(F)(F)F)cc2)cc1. The van der Waals surface area contributed by atoms with Crippen molar-refractivity contribution in [3.05, 3.63) is 81.5 Å². The van der Waals surface area contributed by atoms with Crippen molar-refractivity contribution in [1.29, 1.82) is 0 Å². The summed E-state index contributed by atoms with van der Waals surface area (Å²) in [5.74, 6) is -0.196. The Morgan fingerprint density at radius 3 is 2.37 bits per heavy atom. The van der Waals surface area contributed by atoms with Crippen LogP contribution in [-0.2, 0) is 13.0 Å². The minimum absolute atomic E-state index is 0.00784. The van der Waals surface area contributed by atoms with Crippen LogP contribution in [0.15, 0.2) is 60.0 Å². The third-order valence-electron chi connectivity index (χ3n) is 5.33. The Bertz CT molecular complexity index is 981. The third kappa shape index (κ3) is 4.63. The van der Waals surface area contributed by atoms with Crippen molar-refractivity contribution >= 4 is 17.0 Å². The zero-order valence-electron chi connectivity index (χ0n) is 16.8. The van der Waals surface area contributed by atoms with E-state index in [-0.39, 0.29) is 11.8 Å². The van der Waals surface area contributed by atoms with Crippen LogP contribution < -0.4 is 9.64 Å². The predicted octanol–water partition coefficient (Wildman–Crippen LogP) is 5.86. The van der Waals surface area contributed by atoms with Crippen molar-refractivity contribution in [2.75, 3.05) is 25.5 Å². The zero-order valence-corrected chi connectivity index (χ0v) is 17.6. The monoisotopic (exact) mass is 432 g/mol. The van der Waals surface area contributed by atoms with E-state index in [1.807, 2.05) is 14.1 Å². The Labute approximate surface area is 178 Å². The lowest BCUT2D eigenvalue weighted by molar-refractivity contribution is -0.274. The number of thiophene rings is 1. The number of anilines is 1. The lowest BCUT2D eigenvalue weighted by Crippen LogP contribution is -2.34. The first-order valence-corrected chi connectivity index (χ1v) is 10.6. The Hall–Kier alpha value is -2.51. The molecule has 0 amide bonds. The molecule has 2 aromatic carbocycles. The largest absolute Gasteiger partial charge is 0.573 e. The van der Waals surface area contributed by atoms with Gasteiger partial charge in [-0.05, 0) is 58.8 Å². The average Bonchev–Trinajstić information content (AvgIpc) is 3.17. The highest BCUT2D eigenvalue weighted by Crippen LogP contribution is 2.39. The molecule has 0 fully saturated rings. The molecule has 0 spiro atoms. The number of hydrogen-bond acceptors (Lipinski definition) is 4. The van der Waals surface area contributed by atoms with Gasteiger partial charge in [0.05, 0.1) is 6.04 Å². The summed E-state index contributed by atoms with van der Waals surface area (Å²) in [5.41, 5.74) is 4.56. The first-order chi connectivity index (χ1) is 14.3. The van der Waals surface area contributed by atoms with E-state index in [2.05, 4.69) is 50.2 Å². The number of alkyl halides is 3. The number of ether oxygens (including phenoxy) is 1. The molecule has 30 heavy (non-hydrogen) atoms. The molecule has 0 radical (unpaired) electrons. The van der Waals surface area contributed by atoms with Gasteiger partial charge >= 0.3 is 6.36 Å². The van der Waals surface area contributed by atoms with Gasteiger partial charge in [-0.2, -0.15) is 0 Å². The molecule has 3 nitrogen and oxygen atoms in total. The fourth-order valence-corrected chi connectivity index (χ4v) is 4.82. The van der Waals surface area contributed by atoms with Crippen molar-refractivity contribution in [3.8, 4) is 5.75 Å². The second-order valence-electron chi connectivity index (χ2n) is 7.60. The second kappa shape index (κ2) is 8.32. The first kappa shape index (κ1) is 20.8. The van der Waals surface area contributed by atoms with Gasteiger partial charge < -0.3 is 9.64 Å². The lowest BCUT2D eigenvalue weighted by atomic mass is 9.92. The number of rotatable bonds is 5. The molecule has 0 N–H and O–H groups in total. The van der Waals surface area contributed by atoms with Crippen LogP contribution in [0.4, 0.5) is 18.9 Å². The van der Waals surface area contributed by atoms with Gasteiger partial charge in [0.2, 0.25) is 0 Å². The molecule has 0 aliphatic carbocycles. The molecule has 2 heterocycles. The molecule has 0 saturated heterocycles. The minimum Gasteiger partial charge on any atom is -0.406 e. The predicted molar refractivity (Wildman–Crippen MR) is 114 cm³/mol. The van der Waals surface area contributed by atoms with Crippen LogP contribution in [-0.4, -0.2) is 31.9 Å². The highest BCUT2D eigenvalue weighted by Gasteiger charge is 2.32. The molecule has 1 aliphatic rings. The molecule has 0 bridgehead atoms.